The van der Waals surface area contributed by atoms with Gasteiger partial charge in [0.2, 0.25) is 0 Å². The first-order chi connectivity index (χ1) is 16.6. The molecule has 0 fully saturated rings. The molecule has 0 radical (unpaired) electrons. The van der Waals surface area contributed by atoms with E-state index in [1.165, 1.54) is 0 Å². The van der Waals surface area contributed by atoms with Gasteiger partial charge in [0, 0.05) is 23.9 Å². The van der Waals surface area contributed by atoms with Crippen LogP contribution >= 0.6 is 0 Å². The minimum atomic E-state index is -0.166. The molecule has 0 saturated heterocycles. The molecular formula is C28H26N2O4. The number of phenolic OH excluding ortho intramolecular Hbond substituents is 1. The maximum absolute atomic E-state index is 12.7. The maximum Gasteiger partial charge on any atom is 0.251 e. The first-order valence-corrected chi connectivity index (χ1v) is 10.9. The van der Waals surface area contributed by atoms with Crippen LogP contribution in [0, 0.1) is 0 Å². The zero-order valence-corrected chi connectivity index (χ0v) is 19.1. The Hall–Kier alpha value is -4.32. The quantitative estimate of drug-likeness (QED) is 0.363. The molecule has 0 aliphatic heterocycles. The highest BCUT2D eigenvalue weighted by molar-refractivity contribution is 6.05. The Balaban J connectivity index is 1.47. The van der Waals surface area contributed by atoms with Crippen LogP contribution in [-0.2, 0) is 13.1 Å². The van der Waals surface area contributed by atoms with Crippen LogP contribution in [0.4, 0.5) is 0 Å². The van der Waals surface area contributed by atoms with E-state index in [1.807, 2.05) is 60.7 Å². The summed E-state index contributed by atoms with van der Waals surface area (Å²) in [5.41, 5.74) is 3.19. The molecule has 1 amide bonds. The first kappa shape index (κ1) is 22.9. The highest BCUT2D eigenvalue weighted by Gasteiger charge is 2.10. The monoisotopic (exact) mass is 454 g/mol. The summed E-state index contributed by atoms with van der Waals surface area (Å²) in [5, 5.41) is 15.0. The number of aromatic hydroxyl groups is 1. The molecule has 0 aromatic heterocycles. The van der Waals surface area contributed by atoms with Gasteiger partial charge in [0.15, 0.2) is 0 Å². The van der Waals surface area contributed by atoms with Gasteiger partial charge in [-0.25, -0.2) is 0 Å². The van der Waals surface area contributed by atoms with Crippen molar-refractivity contribution in [3.63, 3.8) is 0 Å². The Morgan fingerprint density at radius 3 is 2.18 bits per heavy atom. The minimum absolute atomic E-state index is 0.141. The SMILES string of the molecule is COc1ccc(C/N=C/c2c(O)ccc3cc(C(=O)NCc4ccc(OC)cc4)ccc23)cc1. The standard InChI is InChI=1S/C28H26N2O4/c1-33-23-9-3-19(4-10-23)16-29-18-26-25-13-7-22(15-21(25)8-14-27(26)31)28(32)30-17-20-5-11-24(34-2)12-6-20/h3-15,18,31H,16-17H2,1-2H3,(H,30,32)/b29-18+. The molecule has 0 aliphatic carbocycles. The largest absolute Gasteiger partial charge is 0.507 e. The van der Waals surface area contributed by atoms with Crippen molar-refractivity contribution in [1.29, 1.82) is 0 Å². The zero-order chi connectivity index (χ0) is 23.9. The normalized spacial score (nSPS) is 11.0. The van der Waals surface area contributed by atoms with Crippen molar-refractivity contribution in [2.75, 3.05) is 14.2 Å². The fraction of sp³-hybridized carbons (Fsp3) is 0.143. The Morgan fingerprint density at radius 2 is 1.53 bits per heavy atom. The zero-order valence-electron chi connectivity index (χ0n) is 19.1. The van der Waals surface area contributed by atoms with Gasteiger partial charge < -0.3 is 19.9 Å². The number of carbonyl (C=O) groups is 1. The van der Waals surface area contributed by atoms with E-state index in [-0.39, 0.29) is 11.7 Å². The van der Waals surface area contributed by atoms with E-state index in [4.69, 9.17) is 9.47 Å². The average Bonchev–Trinajstić information content (AvgIpc) is 2.89. The summed E-state index contributed by atoms with van der Waals surface area (Å²) < 4.78 is 10.3. The molecule has 6 heteroatoms. The van der Waals surface area contributed by atoms with Crippen LogP contribution in [0.3, 0.4) is 0 Å². The molecule has 0 atom stereocenters. The molecule has 4 rings (SSSR count). The van der Waals surface area contributed by atoms with E-state index in [2.05, 4.69) is 10.3 Å². The van der Waals surface area contributed by atoms with Gasteiger partial charge in [0.1, 0.15) is 17.2 Å². The summed E-state index contributed by atoms with van der Waals surface area (Å²) in [6.45, 7) is 0.894. The number of nitrogens with one attached hydrogen (secondary N) is 1. The molecule has 172 valence electrons. The number of methoxy groups -OCH3 is 2. The van der Waals surface area contributed by atoms with Crippen LogP contribution in [0.15, 0.2) is 83.9 Å². The van der Waals surface area contributed by atoms with Gasteiger partial charge in [-0.1, -0.05) is 36.4 Å². The third-order valence-electron chi connectivity index (χ3n) is 5.57. The number of ether oxygens (including phenoxy) is 2. The molecule has 4 aromatic rings. The predicted octanol–water partition coefficient (Wildman–Crippen LogP) is 5.11. The highest BCUT2D eigenvalue weighted by atomic mass is 16.5. The lowest BCUT2D eigenvalue weighted by molar-refractivity contribution is 0.0951. The molecule has 0 unspecified atom stereocenters. The van der Waals surface area contributed by atoms with Crippen LogP contribution in [0.25, 0.3) is 10.8 Å². The topological polar surface area (TPSA) is 80.2 Å². The molecule has 2 N–H and O–H groups in total. The second-order valence-electron chi connectivity index (χ2n) is 7.78. The number of fused-ring (bicyclic) bond motifs is 1. The van der Waals surface area contributed by atoms with Gasteiger partial charge in [0.25, 0.3) is 5.91 Å². The van der Waals surface area contributed by atoms with Crippen molar-refractivity contribution in [2.45, 2.75) is 13.1 Å². The number of phenols is 1. The smallest absolute Gasteiger partial charge is 0.251 e. The van der Waals surface area contributed by atoms with Gasteiger partial charge in [0.05, 0.1) is 20.8 Å². The minimum Gasteiger partial charge on any atom is -0.507 e. The van der Waals surface area contributed by atoms with Crippen LogP contribution in [0.5, 0.6) is 17.2 Å². The number of aliphatic imine (C=N–C) groups is 1. The fourth-order valence-corrected chi connectivity index (χ4v) is 3.62. The van der Waals surface area contributed by atoms with E-state index in [0.717, 1.165) is 33.4 Å². The molecule has 0 bridgehead atoms. The summed E-state index contributed by atoms with van der Waals surface area (Å²) in [4.78, 5) is 17.2. The van der Waals surface area contributed by atoms with Crippen molar-refractivity contribution in [2.24, 2.45) is 4.99 Å². The van der Waals surface area contributed by atoms with E-state index >= 15 is 0 Å². The second kappa shape index (κ2) is 10.5. The third-order valence-corrected chi connectivity index (χ3v) is 5.57. The van der Waals surface area contributed by atoms with Crippen molar-refractivity contribution in [1.82, 2.24) is 5.32 Å². The molecule has 0 aliphatic rings. The number of nitrogens with zero attached hydrogens (tertiary/aromatic N) is 1. The lowest BCUT2D eigenvalue weighted by atomic mass is 10.0. The van der Waals surface area contributed by atoms with Crippen LogP contribution in [0.1, 0.15) is 27.0 Å². The summed E-state index contributed by atoms with van der Waals surface area (Å²) in [6, 6.07) is 24.1. The van der Waals surface area contributed by atoms with Gasteiger partial charge in [-0.05, 0) is 64.4 Å². The summed E-state index contributed by atoms with van der Waals surface area (Å²) in [5.74, 6) is 1.54. The molecule has 4 aromatic carbocycles. The second-order valence-corrected chi connectivity index (χ2v) is 7.78. The highest BCUT2D eigenvalue weighted by Crippen LogP contribution is 2.27. The van der Waals surface area contributed by atoms with E-state index in [0.29, 0.717) is 24.2 Å². The van der Waals surface area contributed by atoms with E-state index in [1.54, 1.807) is 38.6 Å². The van der Waals surface area contributed by atoms with Crippen molar-refractivity contribution in [3.8, 4) is 17.2 Å². The number of rotatable bonds is 8. The van der Waals surface area contributed by atoms with Crippen molar-refractivity contribution in [3.05, 3.63) is 101 Å². The Labute approximate surface area is 198 Å². The number of hydrogen-bond donors (Lipinski definition) is 2. The van der Waals surface area contributed by atoms with E-state index in [9.17, 15) is 9.90 Å². The van der Waals surface area contributed by atoms with Crippen molar-refractivity contribution >= 4 is 22.9 Å². The first-order valence-electron chi connectivity index (χ1n) is 10.9. The summed E-state index contributed by atoms with van der Waals surface area (Å²) in [6.07, 6.45) is 1.67. The predicted molar refractivity (Wildman–Crippen MR) is 134 cm³/mol. The fourth-order valence-electron chi connectivity index (χ4n) is 3.62. The molecule has 0 heterocycles. The van der Waals surface area contributed by atoms with Crippen LogP contribution in [-0.4, -0.2) is 31.4 Å². The molecular weight excluding hydrogens is 428 g/mol. The Kier molecular flexibility index (Phi) is 7.08. The van der Waals surface area contributed by atoms with Gasteiger partial charge >= 0.3 is 0 Å². The third kappa shape index (κ3) is 5.35. The van der Waals surface area contributed by atoms with Crippen LogP contribution in [0.2, 0.25) is 0 Å². The Bertz CT molecular complexity index is 1310. The van der Waals surface area contributed by atoms with Gasteiger partial charge in [-0.2, -0.15) is 0 Å². The van der Waals surface area contributed by atoms with E-state index < -0.39 is 0 Å². The number of hydrogen-bond acceptors (Lipinski definition) is 5. The average molecular weight is 455 g/mol. The molecule has 0 spiro atoms. The van der Waals surface area contributed by atoms with Gasteiger partial charge in [-0.15, -0.1) is 0 Å². The summed E-state index contributed by atoms with van der Waals surface area (Å²) >= 11 is 0. The molecule has 6 nitrogen and oxygen atoms in total. The number of benzene rings is 4. The number of amides is 1. The Morgan fingerprint density at radius 1 is 0.882 bits per heavy atom. The lowest BCUT2D eigenvalue weighted by Crippen LogP contribution is -2.22. The van der Waals surface area contributed by atoms with Crippen molar-refractivity contribution < 1.29 is 19.4 Å². The lowest BCUT2D eigenvalue weighted by Gasteiger charge is -2.09. The summed E-state index contributed by atoms with van der Waals surface area (Å²) in [7, 11) is 3.25. The molecule has 34 heavy (non-hydrogen) atoms. The van der Waals surface area contributed by atoms with Gasteiger partial charge in [-0.3, -0.25) is 9.79 Å². The van der Waals surface area contributed by atoms with Crippen LogP contribution < -0.4 is 14.8 Å². The number of carbonyl (C=O) groups excluding carboxylic acids is 1. The molecule has 0 saturated carbocycles. The maximum atomic E-state index is 12.7.